The molecule has 1 aromatic heterocycles. The summed E-state index contributed by atoms with van der Waals surface area (Å²) in [7, 11) is 0. The van der Waals surface area contributed by atoms with Crippen molar-refractivity contribution < 1.29 is 33.8 Å². The monoisotopic (exact) mass is 820 g/mol. The maximum Gasteiger partial charge on any atom is 0.310 e. The first-order valence-electron chi connectivity index (χ1n) is 15.2. The van der Waals surface area contributed by atoms with E-state index in [0.717, 1.165) is 5.56 Å². The van der Waals surface area contributed by atoms with Crippen LogP contribution < -0.4 is 0 Å². The van der Waals surface area contributed by atoms with Crippen molar-refractivity contribution >= 4 is 68.1 Å². The van der Waals surface area contributed by atoms with Crippen molar-refractivity contribution in [2.75, 3.05) is 0 Å². The number of rotatable bonds is 8. The Morgan fingerprint density at radius 3 is 1.46 bits per heavy atom. The number of halogens is 3. The predicted octanol–water partition coefficient (Wildman–Crippen LogP) is 9.68. The van der Waals surface area contributed by atoms with E-state index in [1.54, 1.807) is 78.2 Å². The van der Waals surface area contributed by atoms with Crippen LogP contribution in [0, 0.1) is 30.3 Å². The van der Waals surface area contributed by atoms with E-state index in [9.17, 15) is 39.9 Å². The second-order valence-corrected chi connectivity index (χ2v) is 14.7. The zero-order valence-corrected chi connectivity index (χ0v) is 32.0. The van der Waals surface area contributed by atoms with Crippen molar-refractivity contribution in [1.29, 1.82) is 0 Å². The number of hydrogen-bond donors (Lipinski definition) is 0. The molecule has 0 aliphatic carbocycles. The van der Waals surface area contributed by atoms with Gasteiger partial charge in [0, 0.05) is 63.3 Å². The van der Waals surface area contributed by atoms with Gasteiger partial charge in [-0.05, 0) is 88.1 Å². The molecule has 4 aromatic rings. The van der Waals surface area contributed by atoms with Crippen LogP contribution in [0.4, 0.5) is 17.1 Å². The molecule has 0 saturated carbocycles. The molecule has 0 saturated heterocycles. The predicted molar refractivity (Wildman–Crippen MR) is 199 cm³/mol. The van der Waals surface area contributed by atoms with Crippen LogP contribution in [-0.2, 0) is 31.9 Å². The van der Waals surface area contributed by atoms with Gasteiger partial charge in [0.25, 0.3) is 17.1 Å². The van der Waals surface area contributed by atoms with Crippen LogP contribution in [-0.4, -0.2) is 42.9 Å². The first kappa shape index (κ1) is 43.2. The summed E-state index contributed by atoms with van der Waals surface area (Å²) < 4.78 is 11.0. The van der Waals surface area contributed by atoms with Crippen molar-refractivity contribution in [2.24, 2.45) is 0 Å². The Balaban J connectivity index is 0.000000287. The first-order valence-corrected chi connectivity index (χ1v) is 16.7. The van der Waals surface area contributed by atoms with E-state index < -0.39 is 37.9 Å². The van der Waals surface area contributed by atoms with Gasteiger partial charge in [0.05, 0.1) is 27.6 Å². The van der Waals surface area contributed by atoms with E-state index in [4.69, 9.17) is 32.7 Å². The molecule has 17 heteroatoms. The number of hydrogen-bond acceptors (Lipinski definition) is 11. The van der Waals surface area contributed by atoms with Gasteiger partial charge in [-0.25, -0.2) is 0 Å². The third-order valence-electron chi connectivity index (χ3n) is 5.95. The molecule has 0 atom stereocenters. The number of aromatic nitrogens is 1. The minimum absolute atomic E-state index is 0.00984. The van der Waals surface area contributed by atoms with Crippen LogP contribution in [0.25, 0.3) is 11.1 Å². The van der Waals surface area contributed by atoms with E-state index in [-0.39, 0.29) is 34.9 Å². The molecule has 4 rings (SSSR count). The molecular weight excluding hydrogens is 787 g/mol. The van der Waals surface area contributed by atoms with Gasteiger partial charge in [0.15, 0.2) is 0 Å². The van der Waals surface area contributed by atoms with Crippen LogP contribution >= 0.6 is 39.1 Å². The average molecular weight is 822 g/mol. The zero-order valence-electron chi connectivity index (χ0n) is 28.9. The first-order chi connectivity index (χ1) is 24.0. The van der Waals surface area contributed by atoms with Gasteiger partial charge >= 0.3 is 11.9 Å². The average Bonchev–Trinajstić information content (AvgIpc) is 2.99. The minimum Gasteiger partial charge on any atom is -0.460 e. The highest BCUT2D eigenvalue weighted by Crippen LogP contribution is 2.27. The second-order valence-electron chi connectivity index (χ2n) is 12.9. The van der Waals surface area contributed by atoms with Gasteiger partial charge in [0.2, 0.25) is 0 Å². The summed E-state index contributed by atoms with van der Waals surface area (Å²) in [6.45, 7) is 10.6. The van der Waals surface area contributed by atoms with Crippen LogP contribution in [0.2, 0.25) is 10.0 Å². The second kappa shape index (κ2) is 19.0. The standard InChI is InChI=1S/C17H18N2O4.C12H14ClNO4.C6H3BrClNO2/c1-17(2,3)23-16(20)10-12-8-14(11-15(9-12)19(21)22)13-4-6-18-7-5-13;1-12(2,3)18-11(15)6-8-4-9(13)7-10(5-8)14(16)17;7-4-1-5(8)3-6(2-4)9(10)11/h4-9,11H,10H2,1-3H3;4-5,7H,6H2,1-3H3;1-3H. The highest BCUT2D eigenvalue weighted by molar-refractivity contribution is 9.10. The molecule has 0 aliphatic rings. The third kappa shape index (κ3) is 16.4. The third-order valence-corrected chi connectivity index (χ3v) is 6.84. The number of pyridine rings is 1. The SMILES string of the molecule is CC(C)(C)OC(=O)Cc1cc(-c2ccncc2)cc([N+](=O)[O-])c1.CC(C)(C)OC(=O)Cc1cc(Cl)cc([N+](=O)[O-])c1.O=[N+]([O-])c1cc(Cl)cc(Br)c1. The van der Waals surface area contributed by atoms with Crippen molar-refractivity contribution in [3.05, 3.63) is 135 Å². The Labute approximate surface area is 317 Å². The molecule has 52 heavy (non-hydrogen) atoms. The lowest BCUT2D eigenvalue weighted by Crippen LogP contribution is -2.24. The number of benzene rings is 3. The van der Waals surface area contributed by atoms with Crippen LogP contribution in [0.5, 0.6) is 0 Å². The van der Waals surface area contributed by atoms with Gasteiger partial charge in [0.1, 0.15) is 11.2 Å². The lowest BCUT2D eigenvalue weighted by Gasteiger charge is -2.19. The smallest absolute Gasteiger partial charge is 0.310 e. The highest BCUT2D eigenvalue weighted by Gasteiger charge is 2.20. The van der Waals surface area contributed by atoms with E-state index >= 15 is 0 Å². The zero-order chi connectivity index (χ0) is 39.4. The fourth-order valence-corrected chi connectivity index (χ4v) is 5.26. The molecule has 0 aliphatic heterocycles. The summed E-state index contributed by atoms with van der Waals surface area (Å²) in [5.41, 5.74) is 1.09. The number of carbonyl (C=O) groups excluding carboxylic acids is 2. The number of nitro groups is 3. The highest BCUT2D eigenvalue weighted by atomic mass is 79.9. The maximum absolute atomic E-state index is 12.0. The topological polar surface area (TPSA) is 195 Å². The van der Waals surface area contributed by atoms with Crippen molar-refractivity contribution in [1.82, 2.24) is 4.98 Å². The molecular formula is C35H35BrCl2N4O10. The van der Waals surface area contributed by atoms with E-state index in [1.165, 1.54) is 42.5 Å². The number of non-ortho nitro benzene ring substituents is 3. The van der Waals surface area contributed by atoms with Crippen molar-refractivity contribution in [3.8, 4) is 11.1 Å². The van der Waals surface area contributed by atoms with E-state index in [1.807, 2.05) is 0 Å². The quantitative estimate of drug-likeness (QED) is 0.0932. The van der Waals surface area contributed by atoms with E-state index in [2.05, 4.69) is 20.9 Å². The summed E-state index contributed by atoms with van der Waals surface area (Å²) in [6, 6.07) is 16.5. The van der Waals surface area contributed by atoms with Crippen molar-refractivity contribution in [2.45, 2.75) is 65.6 Å². The summed E-state index contributed by atoms with van der Waals surface area (Å²) >= 11 is 14.4. The number of carbonyl (C=O) groups is 2. The maximum atomic E-state index is 12.0. The Bertz CT molecular complexity index is 1910. The van der Waals surface area contributed by atoms with Gasteiger partial charge in [-0.15, -0.1) is 0 Å². The number of nitro benzene ring substituents is 3. The molecule has 1 heterocycles. The van der Waals surface area contributed by atoms with Gasteiger partial charge in [-0.1, -0.05) is 45.2 Å². The minimum atomic E-state index is -0.592. The molecule has 0 radical (unpaired) electrons. The molecule has 14 nitrogen and oxygen atoms in total. The van der Waals surface area contributed by atoms with Gasteiger partial charge in [-0.2, -0.15) is 0 Å². The summed E-state index contributed by atoms with van der Waals surface area (Å²) in [5.74, 6) is -0.863. The molecule has 0 N–H and O–H groups in total. The lowest BCUT2D eigenvalue weighted by atomic mass is 10.0. The van der Waals surface area contributed by atoms with E-state index in [0.29, 0.717) is 26.2 Å². The largest absolute Gasteiger partial charge is 0.460 e. The Morgan fingerprint density at radius 2 is 1.04 bits per heavy atom. The molecule has 0 bridgehead atoms. The Hall–Kier alpha value is -4.99. The lowest BCUT2D eigenvalue weighted by molar-refractivity contribution is -0.385. The number of nitrogens with zero attached hydrogens (tertiary/aromatic N) is 4. The Morgan fingerprint density at radius 1 is 0.635 bits per heavy atom. The number of ether oxygens (including phenoxy) is 2. The fourth-order valence-electron chi connectivity index (χ4n) is 4.17. The normalized spacial score (nSPS) is 10.8. The molecule has 276 valence electrons. The number of esters is 2. The summed E-state index contributed by atoms with van der Waals surface area (Å²) in [6.07, 6.45) is 3.17. The molecule has 3 aromatic carbocycles. The van der Waals surface area contributed by atoms with Gasteiger partial charge < -0.3 is 9.47 Å². The van der Waals surface area contributed by atoms with Crippen LogP contribution in [0.3, 0.4) is 0 Å². The van der Waals surface area contributed by atoms with Crippen LogP contribution in [0.1, 0.15) is 52.7 Å². The molecule has 0 spiro atoms. The summed E-state index contributed by atoms with van der Waals surface area (Å²) in [4.78, 5) is 58.0. The molecule has 0 amide bonds. The van der Waals surface area contributed by atoms with Gasteiger partial charge in [-0.3, -0.25) is 44.9 Å². The Kier molecular flexibility index (Phi) is 15.8. The van der Waals surface area contributed by atoms with Crippen molar-refractivity contribution in [3.63, 3.8) is 0 Å². The molecule has 0 fully saturated rings. The molecule has 0 unspecified atom stereocenters. The fraction of sp³-hybridized carbons (Fsp3) is 0.286. The van der Waals surface area contributed by atoms with Crippen LogP contribution in [0.15, 0.2) is 83.6 Å². The summed E-state index contributed by atoms with van der Waals surface area (Å²) in [5, 5.41) is 32.6.